The number of likely N-dealkylation sites (tertiary alicyclic amines) is 1. The number of thiocarbonyl (C=S) groups is 1. The SMILES string of the molecule is CCOC(=S)N1CCC(n2ncc3c(N4CCOCC4)nc(-c4ccc(NC(=O)OC)cc4)nc32)CC1. The van der Waals surface area contributed by atoms with Gasteiger partial charge in [-0.1, -0.05) is 0 Å². The summed E-state index contributed by atoms with van der Waals surface area (Å²) < 4.78 is 17.8. The molecule has 0 spiro atoms. The molecule has 5 rings (SSSR count). The number of methoxy groups -OCH3 is 1. The van der Waals surface area contributed by atoms with Crippen LogP contribution in [0.2, 0.25) is 0 Å². The fourth-order valence-corrected chi connectivity index (χ4v) is 5.00. The van der Waals surface area contributed by atoms with Crippen molar-refractivity contribution in [3.63, 3.8) is 0 Å². The molecular weight excluding hydrogens is 494 g/mol. The van der Waals surface area contributed by atoms with Crippen LogP contribution >= 0.6 is 12.2 Å². The molecule has 0 aliphatic carbocycles. The van der Waals surface area contributed by atoms with E-state index in [0.717, 1.165) is 61.4 Å². The van der Waals surface area contributed by atoms with Gasteiger partial charge in [0.2, 0.25) is 0 Å². The number of morpholine rings is 1. The molecule has 0 bridgehead atoms. The highest BCUT2D eigenvalue weighted by Crippen LogP contribution is 2.32. The molecule has 3 aromatic rings. The lowest BCUT2D eigenvalue weighted by Crippen LogP contribution is -2.39. The van der Waals surface area contributed by atoms with E-state index in [2.05, 4.69) is 19.9 Å². The molecule has 0 radical (unpaired) electrons. The van der Waals surface area contributed by atoms with Gasteiger partial charge < -0.3 is 24.0 Å². The van der Waals surface area contributed by atoms with Crippen LogP contribution in [0.4, 0.5) is 16.3 Å². The van der Waals surface area contributed by atoms with Gasteiger partial charge in [-0.05, 0) is 56.2 Å². The summed E-state index contributed by atoms with van der Waals surface area (Å²) in [6.07, 6.45) is 3.15. The molecule has 2 aliphatic rings. The number of anilines is 2. The average Bonchev–Trinajstić information content (AvgIpc) is 3.37. The summed E-state index contributed by atoms with van der Waals surface area (Å²) in [7, 11) is 1.33. The maximum Gasteiger partial charge on any atom is 0.411 e. The first-order valence-corrected chi connectivity index (χ1v) is 12.9. The number of amides is 1. The zero-order valence-corrected chi connectivity index (χ0v) is 21.9. The zero-order valence-electron chi connectivity index (χ0n) is 21.1. The number of piperidine rings is 1. The number of hydrogen-bond acceptors (Lipinski definition) is 9. The quantitative estimate of drug-likeness (QED) is 0.498. The van der Waals surface area contributed by atoms with Crippen molar-refractivity contribution in [3.8, 4) is 11.4 Å². The third-order valence-corrected chi connectivity index (χ3v) is 7.03. The highest BCUT2D eigenvalue weighted by molar-refractivity contribution is 7.80. The number of carbonyl (C=O) groups is 1. The second-order valence-electron chi connectivity index (χ2n) is 8.91. The van der Waals surface area contributed by atoms with Crippen LogP contribution in [0.5, 0.6) is 0 Å². The van der Waals surface area contributed by atoms with Gasteiger partial charge in [-0.25, -0.2) is 19.4 Å². The van der Waals surface area contributed by atoms with Crippen LogP contribution < -0.4 is 10.2 Å². The lowest BCUT2D eigenvalue weighted by atomic mass is 10.1. The van der Waals surface area contributed by atoms with E-state index >= 15 is 0 Å². The molecule has 1 aromatic carbocycles. The van der Waals surface area contributed by atoms with Gasteiger partial charge in [0, 0.05) is 37.4 Å². The highest BCUT2D eigenvalue weighted by Gasteiger charge is 2.27. The fourth-order valence-electron chi connectivity index (χ4n) is 4.70. The molecule has 4 heterocycles. The van der Waals surface area contributed by atoms with Gasteiger partial charge in [-0.15, -0.1) is 0 Å². The van der Waals surface area contributed by atoms with Crippen LogP contribution in [0, 0.1) is 0 Å². The van der Waals surface area contributed by atoms with Crippen LogP contribution in [0.25, 0.3) is 22.4 Å². The van der Waals surface area contributed by atoms with Gasteiger partial charge >= 0.3 is 6.09 Å². The number of benzene rings is 1. The number of hydrogen-bond donors (Lipinski definition) is 1. The van der Waals surface area contributed by atoms with Crippen LogP contribution in [0.15, 0.2) is 30.5 Å². The second kappa shape index (κ2) is 11.3. The van der Waals surface area contributed by atoms with Gasteiger partial charge in [-0.3, -0.25) is 5.32 Å². The summed E-state index contributed by atoms with van der Waals surface area (Å²) in [6.45, 7) is 6.97. The van der Waals surface area contributed by atoms with E-state index in [4.69, 9.17) is 36.8 Å². The first-order chi connectivity index (χ1) is 18.1. The molecule has 2 aromatic heterocycles. The normalized spacial score (nSPS) is 16.6. The maximum atomic E-state index is 11.6. The number of nitrogens with one attached hydrogen (secondary N) is 1. The van der Waals surface area contributed by atoms with Crippen LogP contribution in [-0.4, -0.2) is 89.0 Å². The average molecular weight is 526 g/mol. The number of rotatable bonds is 5. The standard InChI is InChI=1S/C25H31N7O4S/c1-3-36-25(37)31-10-8-19(9-11-31)32-23-20(16-26-32)22(30-12-14-35-15-13-30)28-21(29-23)17-4-6-18(7-5-17)27-24(33)34-2/h4-7,16,19H,3,8-15H2,1-2H3,(H,27,33). The molecule has 0 unspecified atom stereocenters. The fraction of sp³-hybridized carbons (Fsp3) is 0.480. The highest BCUT2D eigenvalue weighted by atomic mass is 32.1. The number of carbonyl (C=O) groups excluding carboxylic acids is 1. The van der Waals surface area contributed by atoms with Crippen molar-refractivity contribution in [2.75, 3.05) is 63.3 Å². The smallest absolute Gasteiger partial charge is 0.411 e. The molecule has 0 saturated carbocycles. The minimum Gasteiger partial charge on any atom is -0.471 e. The van der Waals surface area contributed by atoms with E-state index in [-0.39, 0.29) is 6.04 Å². The van der Waals surface area contributed by atoms with E-state index in [1.807, 2.05) is 42.1 Å². The maximum absolute atomic E-state index is 11.6. The summed E-state index contributed by atoms with van der Waals surface area (Å²) >= 11 is 5.40. The van der Waals surface area contributed by atoms with Crippen molar-refractivity contribution < 1.29 is 19.0 Å². The zero-order chi connectivity index (χ0) is 25.8. The Morgan fingerprint density at radius 1 is 1.14 bits per heavy atom. The third kappa shape index (κ3) is 5.44. The van der Waals surface area contributed by atoms with Crippen molar-refractivity contribution in [2.45, 2.75) is 25.8 Å². The molecule has 12 heteroatoms. The summed E-state index contributed by atoms with van der Waals surface area (Å²) in [5.41, 5.74) is 2.29. The Balaban J connectivity index is 1.47. The van der Waals surface area contributed by atoms with Gasteiger partial charge in [0.1, 0.15) is 5.82 Å². The Kier molecular flexibility index (Phi) is 7.65. The topological polar surface area (TPSA) is 107 Å². The van der Waals surface area contributed by atoms with Crippen molar-refractivity contribution in [1.82, 2.24) is 24.6 Å². The predicted octanol–water partition coefficient (Wildman–Crippen LogP) is 3.47. The van der Waals surface area contributed by atoms with Crippen LogP contribution in [0.3, 0.4) is 0 Å². The number of fused-ring (bicyclic) bond motifs is 1. The second-order valence-corrected chi connectivity index (χ2v) is 9.26. The summed E-state index contributed by atoms with van der Waals surface area (Å²) in [5, 5.41) is 8.95. The van der Waals surface area contributed by atoms with E-state index in [1.165, 1.54) is 7.11 Å². The van der Waals surface area contributed by atoms with E-state index < -0.39 is 6.09 Å². The Morgan fingerprint density at radius 3 is 2.54 bits per heavy atom. The Morgan fingerprint density at radius 2 is 1.86 bits per heavy atom. The largest absolute Gasteiger partial charge is 0.471 e. The van der Waals surface area contributed by atoms with E-state index in [0.29, 0.717) is 36.5 Å². The number of ether oxygens (including phenoxy) is 3. The molecule has 11 nitrogen and oxygen atoms in total. The summed E-state index contributed by atoms with van der Waals surface area (Å²) in [5.74, 6) is 1.47. The number of aromatic nitrogens is 4. The molecule has 2 saturated heterocycles. The monoisotopic (exact) mass is 525 g/mol. The van der Waals surface area contributed by atoms with E-state index in [9.17, 15) is 4.79 Å². The van der Waals surface area contributed by atoms with Crippen molar-refractivity contribution in [3.05, 3.63) is 30.5 Å². The summed E-state index contributed by atoms with van der Waals surface area (Å²) in [4.78, 5) is 25.9. The molecular formula is C25H31N7O4S. The molecule has 1 amide bonds. The summed E-state index contributed by atoms with van der Waals surface area (Å²) in [6, 6.07) is 7.60. The minimum absolute atomic E-state index is 0.199. The van der Waals surface area contributed by atoms with Gasteiger partial charge in [0.25, 0.3) is 5.17 Å². The first kappa shape index (κ1) is 25.2. The predicted molar refractivity (Wildman–Crippen MR) is 144 cm³/mol. The van der Waals surface area contributed by atoms with Gasteiger partial charge in [-0.2, -0.15) is 5.10 Å². The lowest BCUT2D eigenvalue weighted by molar-refractivity contribution is 0.122. The molecule has 2 fully saturated rings. The first-order valence-electron chi connectivity index (χ1n) is 12.5. The van der Waals surface area contributed by atoms with Crippen LogP contribution in [-0.2, 0) is 14.2 Å². The van der Waals surface area contributed by atoms with Crippen molar-refractivity contribution in [2.24, 2.45) is 0 Å². The third-order valence-electron chi connectivity index (χ3n) is 6.66. The minimum atomic E-state index is -0.517. The number of nitrogens with zero attached hydrogens (tertiary/aromatic N) is 6. The van der Waals surface area contributed by atoms with E-state index in [1.54, 1.807) is 0 Å². The Bertz CT molecular complexity index is 1250. The van der Waals surface area contributed by atoms with Gasteiger partial charge in [0.05, 0.1) is 44.6 Å². The lowest BCUT2D eigenvalue weighted by Gasteiger charge is -2.33. The molecule has 196 valence electrons. The molecule has 1 N–H and O–H groups in total. The van der Waals surface area contributed by atoms with Crippen molar-refractivity contribution in [1.29, 1.82) is 0 Å². The Labute approximate surface area is 220 Å². The molecule has 0 atom stereocenters. The van der Waals surface area contributed by atoms with Gasteiger partial charge in [0.15, 0.2) is 11.5 Å². The Hall–Kier alpha value is -3.51. The van der Waals surface area contributed by atoms with Crippen molar-refractivity contribution >= 4 is 46.0 Å². The molecule has 2 aliphatic heterocycles. The van der Waals surface area contributed by atoms with Crippen LogP contribution in [0.1, 0.15) is 25.8 Å². The molecule has 37 heavy (non-hydrogen) atoms.